The number of aliphatic imine (C=N–C) groups is 1. The first-order valence-corrected chi connectivity index (χ1v) is 11.1. The van der Waals surface area contributed by atoms with Crippen LogP contribution in [0.1, 0.15) is 43.1 Å². The van der Waals surface area contributed by atoms with Crippen LogP contribution < -0.4 is 4.74 Å². The van der Waals surface area contributed by atoms with E-state index < -0.39 is 5.60 Å². The molecule has 7 heteroatoms. The summed E-state index contributed by atoms with van der Waals surface area (Å²) in [4.78, 5) is 11.7. The zero-order valence-corrected chi connectivity index (χ0v) is 19.7. The zero-order valence-electron chi connectivity index (χ0n) is 18.2. The van der Waals surface area contributed by atoms with E-state index in [1.807, 2.05) is 54.6 Å². The number of hydrogen-bond donors (Lipinski definition) is 1. The minimum atomic E-state index is -0.849. The van der Waals surface area contributed by atoms with Gasteiger partial charge >= 0.3 is 0 Å². The van der Waals surface area contributed by atoms with E-state index in [4.69, 9.17) is 32.9 Å². The number of halogens is 2. The molecule has 5 nitrogen and oxygen atoms in total. The Morgan fingerprint density at radius 1 is 1.06 bits per heavy atom. The molecule has 2 heterocycles. The molecule has 0 saturated heterocycles. The van der Waals surface area contributed by atoms with E-state index in [9.17, 15) is 5.11 Å². The maximum atomic E-state index is 10.5. The molecule has 4 rings (SSSR count). The van der Waals surface area contributed by atoms with Gasteiger partial charge in [0.15, 0.2) is 5.84 Å². The predicted molar refractivity (Wildman–Crippen MR) is 129 cm³/mol. The molecule has 0 bridgehead atoms. The van der Waals surface area contributed by atoms with Crippen LogP contribution in [-0.4, -0.2) is 40.1 Å². The lowest BCUT2D eigenvalue weighted by molar-refractivity contribution is 0.0624. The third-order valence-corrected chi connectivity index (χ3v) is 6.04. The molecule has 0 radical (unpaired) electrons. The highest BCUT2D eigenvalue weighted by atomic mass is 35.5. The molecule has 32 heavy (non-hydrogen) atoms. The normalized spacial score (nSPS) is 15.9. The number of hydrogen-bond acceptors (Lipinski definition) is 5. The second kappa shape index (κ2) is 9.10. The van der Waals surface area contributed by atoms with E-state index in [0.717, 1.165) is 16.8 Å². The number of nitrogens with zero attached hydrogens (tertiary/aromatic N) is 3. The number of benzene rings is 2. The third kappa shape index (κ3) is 4.75. The Balaban J connectivity index is 1.91. The second-order valence-electron chi connectivity index (χ2n) is 8.40. The summed E-state index contributed by atoms with van der Waals surface area (Å²) in [7, 11) is 1.61. The van der Waals surface area contributed by atoms with Gasteiger partial charge in [0.05, 0.1) is 30.6 Å². The number of aliphatic hydroxyl groups is 1. The van der Waals surface area contributed by atoms with Gasteiger partial charge in [0.2, 0.25) is 0 Å². The minimum Gasteiger partial charge on any atom is -0.495 e. The van der Waals surface area contributed by atoms with Crippen LogP contribution in [0.2, 0.25) is 10.0 Å². The first-order chi connectivity index (χ1) is 15.3. The standard InChI is InChI=1S/C25H25Cl2N3O2/c1-25(2,31)12-13-30-23(18-6-4-5-7-20(18)27)19-14-16(26)8-10-21(19)29-24(30)22-11-9-17(32-3)15-28-22/h4-11,14-15,23,31H,12-13H2,1-3H3. The van der Waals surface area contributed by atoms with Crippen LogP contribution in [-0.2, 0) is 0 Å². The van der Waals surface area contributed by atoms with Gasteiger partial charge in [-0.05, 0) is 62.2 Å². The van der Waals surface area contributed by atoms with Gasteiger partial charge in [-0.3, -0.25) is 0 Å². The Morgan fingerprint density at radius 2 is 1.84 bits per heavy atom. The van der Waals surface area contributed by atoms with Crippen LogP contribution in [0.3, 0.4) is 0 Å². The topological polar surface area (TPSA) is 58.0 Å². The molecule has 0 aliphatic carbocycles. The number of methoxy groups -OCH3 is 1. The van der Waals surface area contributed by atoms with Gasteiger partial charge in [-0.1, -0.05) is 41.4 Å². The lowest BCUT2D eigenvalue weighted by atomic mass is 9.92. The molecular formula is C25H25Cl2N3O2. The van der Waals surface area contributed by atoms with Crippen LogP contribution in [0.4, 0.5) is 5.69 Å². The lowest BCUT2D eigenvalue weighted by Crippen LogP contribution is -2.41. The first-order valence-electron chi connectivity index (χ1n) is 10.4. The smallest absolute Gasteiger partial charge is 0.156 e. The fourth-order valence-electron chi connectivity index (χ4n) is 3.81. The minimum absolute atomic E-state index is 0.240. The van der Waals surface area contributed by atoms with Gasteiger partial charge in [0, 0.05) is 22.2 Å². The van der Waals surface area contributed by atoms with E-state index in [-0.39, 0.29) is 6.04 Å². The molecule has 0 amide bonds. The highest BCUT2D eigenvalue weighted by Gasteiger charge is 2.34. The van der Waals surface area contributed by atoms with Crippen molar-refractivity contribution in [3.8, 4) is 5.75 Å². The summed E-state index contributed by atoms with van der Waals surface area (Å²) >= 11 is 13.1. The van der Waals surface area contributed by atoms with Gasteiger partial charge in [0.25, 0.3) is 0 Å². The van der Waals surface area contributed by atoms with Gasteiger partial charge in [-0.2, -0.15) is 0 Å². The maximum absolute atomic E-state index is 10.5. The van der Waals surface area contributed by atoms with E-state index in [1.165, 1.54) is 0 Å². The number of fused-ring (bicyclic) bond motifs is 1. The van der Waals surface area contributed by atoms with Crippen LogP contribution in [0.25, 0.3) is 0 Å². The van der Waals surface area contributed by atoms with Crippen LogP contribution >= 0.6 is 23.2 Å². The van der Waals surface area contributed by atoms with Gasteiger partial charge < -0.3 is 14.7 Å². The Kier molecular flexibility index (Phi) is 6.42. The zero-order chi connectivity index (χ0) is 22.9. The van der Waals surface area contributed by atoms with Crippen LogP contribution in [0, 0.1) is 0 Å². The number of aromatic nitrogens is 1. The molecule has 0 fully saturated rings. The largest absolute Gasteiger partial charge is 0.495 e. The molecule has 1 unspecified atom stereocenters. The molecular weight excluding hydrogens is 445 g/mol. The van der Waals surface area contributed by atoms with Crippen LogP contribution in [0.15, 0.2) is 65.8 Å². The average molecular weight is 470 g/mol. The highest BCUT2D eigenvalue weighted by Crippen LogP contribution is 2.43. The molecule has 1 aliphatic heterocycles. The fraction of sp³-hybridized carbons (Fsp3) is 0.280. The van der Waals surface area contributed by atoms with E-state index in [1.54, 1.807) is 27.2 Å². The molecule has 166 valence electrons. The Morgan fingerprint density at radius 3 is 2.50 bits per heavy atom. The maximum Gasteiger partial charge on any atom is 0.156 e. The molecule has 0 saturated carbocycles. The molecule has 1 aliphatic rings. The summed E-state index contributed by atoms with van der Waals surface area (Å²) in [6.45, 7) is 4.14. The van der Waals surface area contributed by atoms with Gasteiger partial charge in [0.1, 0.15) is 11.4 Å². The van der Waals surface area contributed by atoms with Crippen molar-refractivity contribution < 1.29 is 9.84 Å². The molecule has 3 aromatic rings. The summed E-state index contributed by atoms with van der Waals surface area (Å²) in [5.74, 6) is 1.37. The van der Waals surface area contributed by atoms with E-state index in [0.29, 0.717) is 40.3 Å². The van der Waals surface area contributed by atoms with Crippen molar-refractivity contribution in [2.45, 2.75) is 31.9 Å². The van der Waals surface area contributed by atoms with Gasteiger partial charge in [-0.15, -0.1) is 0 Å². The van der Waals surface area contributed by atoms with Gasteiger partial charge in [-0.25, -0.2) is 9.98 Å². The summed E-state index contributed by atoms with van der Waals surface area (Å²) in [5.41, 5.74) is 2.57. The predicted octanol–water partition coefficient (Wildman–Crippen LogP) is 6.04. The third-order valence-electron chi connectivity index (χ3n) is 5.46. The Labute approximate surface area is 198 Å². The second-order valence-corrected chi connectivity index (χ2v) is 9.25. The summed E-state index contributed by atoms with van der Waals surface area (Å²) in [6, 6.07) is 17.0. The number of rotatable bonds is 6. The average Bonchev–Trinajstić information content (AvgIpc) is 2.77. The van der Waals surface area contributed by atoms with Crippen molar-refractivity contribution in [2.75, 3.05) is 13.7 Å². The fourth-order valence-corrected chi connectivity index (χ4v) is 4.23. The van der Waals surface area contributed by atoms with Crippen molar-refractivity contribution in [2.24, 2.45) is 4.99 Å². The monoisotopic (exact) mass is 469 g/mol. The Bertz CT molecular complexity index is 1140. The van der Waals surface area contributed by atoms with Crippen molar-refractivity contribution in [3.63, 3.8) is 0 Å². The molecule has 0 spiro atoms. The molecule has 1 N–H and O–H groups in total. The molecule has 1 aromatic heterocycles. The van der Waals surface area contributed by atoms with Crippen LogP contribution in [0.5, 0.6) is 5.75 Å². The van der Waals surface area contributed by atoms with Crippen molar-refractivity contribution in [3.05, 3.63) is 87.7 Å². The van der Waals surface area contributed by atoms with Crippen molar-refractivity contribution in [1.29, 1.82) is 0 Å². The SMILES string of the molecule is COc1ccc(C2=Nc3ccc(Cl)cc3C(c3ccccc3Cl)N2CCC(C)(C)O)nc1. The summed E-state index contributed by atoms with van der Waals surface area (Å²) in [5, 5.41) is 11.8. The van der Waals surface area contributed by atoms with Crippen molar-refractivity contribution >= 4 is 34.7 Å². The Hall–Kier alpha value is -2.60. The summed E-state index contributed by atoms with van der Waals surface area (Å²) < 4.78 is 5.27. The quantitative estimate of drug-likeness (QED) is 0.477. The molecule has 1 atom stereocenters. The first kappa shape index (κ1) is 22.6. The lowest BCUT2D eigenvalue weighted by Gasteiger charge is -2.40. The number of amidine groups is 1. The highest BCUT2D eigenvalue weighted by molar-refractivity contribution is 6.31. The molecule has 2 aromatic carbocycles. The van der Waals surface area contributed by atoms with Crippen molar-refractivity contribution in [1.82, 2.24) is 9.88 Å². The summed E-state index contributed by atoms with van der Waals surface area (Å²) in [6.07, 6.45) is 2.20. The van der Waals surface area contributed by atoms with E-state index in [2.05, 4.69) is 9.88 Å². The number of ether oxygens (including phenoxy) is 1. The van der Waals surface area contributed by atoms with E-state index >= 15 is 0 Å². The number of pyridine rings is 1.